The average Bonchev–Trinajstić information content (AvgIpc) is 2.36. The van der Waals surface area contributed by atoms with E-state index in [1.807, 2.05) is 20.8 Å². The highest BCUT2D eigenvalue weighted by molar-refractivity contribution is 5.95. The van der Waals surface area contributed by atoms with Gasteiger partial charge in [-0.25, -0.2) is 0 Å². The molecule has 0 spiro atoms. The second-order valence-electron chi connectivity index (χ2n) is 5.90. The number of amides is 1. The summed E-state index contributed by atoms with van der Waals surface area (Å²) in [6.45, 7) is 6.09. The van der Waals surface area contributed by atoms with Crippen LogP contribution in [0.5, 0.6) is 5.75 Å². The fourth-order valence-corrected chi connectivity index (χ4v) is 1.96. The zero-order chi connectivity index (χ0) is 15.3. The van der Waals surface area contributed by atoms with E-state index in [9.17, 15) is 4.79 Å². The third kappa shape index (κ3) is 4.42. The Hall–Kier alpha value is -1.75. The van der Waals surface area contributed by atoms with E-state index in [-0.39, 0.29) is 24.0 Å². The topological polar surface area (TPSA) is 84.6 Å². The molecule has 5 heteroatoms. The van der Waals surface area contributed by atoms with Crippen molar-refractivity contribution in [1.29, 1.82) is 0 Å². The summed E-state index contributed by atoms with van der Waals surface area (Å²) in [6, 6.07) is 4.79. The van der Waals surface area contributed by atoms with Gasteiger partial charge in [0.15, 0.2) is 0 Å². The molecule has 0 aromatic heterocycles. The van der Waals surface area contributed by atoms with Crippen LogP contribution in [0.1, 0.15) is 37.6 Å². The van der Waals surface area contributed by atoms with Gasteiger partial charge in [0.1, 0.15) is 5.75 Å². The summed E-state index contributed by atoms with van der Waals surface area (Å²) < 4.78 is 5.11. The first-order valence-corrected chi connectivity index (χ1v) is 6.64. The van der Waals surface area contributed by atoms with Crippen molar-refractivity contribution < 1.29 is 14.6 Å². The quantitative estimate of drug-likeness (QED) is 0.718. The van der Waals surface area contributed by atoms with E-state index in [2.05, 4.69) is 5.32 Å². The molecule has 0 aliphatic rings. The molecule has 0 saturated heterocycles. The molecular formula is C15H24N2O3. The number of rotatable bonds is 5. The normalized spacial score (nSPS) is 12.8. The van der Waals surface area contributed by atoms with Gasteiger partial charge in [-0.3, -0.25) is 4.79 Å². The van der Waals surface area contributed by atoms with Gasteiger partial charge >= 0.3 is 0 Å². The van der Waals surface area contributed by atoms with Crippen LogP contribution in [0, 0.1) is 5.41 Å². The van der Waals surface area contributed by atoms with Crippen molar-refractivity contribution in [2.75, 3.05) is 19.5 Å². The van der Waals surface area contributed by atoms with Crippen LogP contribution in [-0.2, 0) is 0 Å². The van der Waals surface area contributed by atoms with E-state index in [0.29, 0.717) is 23.4 Å². The number of benzene rings is 1. The van der Waals surface area contributed by atoms with Crippen molar-refractivity contribution in [2.24, 2.45) is 5.41 Å². The number of ether oxygens (including phenoxy) is 1. The number of carbonyl (C=O) groups excluding carboxylic acids is 1. The minimum absolute atomic E-state index is 0.0302. The predicted octanol–water partition coefficient (Wildman–Crippen LogP) is 1.80. The molecule has 0 aliphatic heterocycles. The fourth-order valence-electron chi connectivity index (χ4n) is 1.96. The van der Waals surface area contributed by atoms with Crippen LogP contribution >= 0.6 is 0 Å². The number of nitrogens with two attached hydrogens (primary N) is 1. The molecular weight excluding hydrogens is 256 g/mol. The molecule has 5 nitrogen and oxygen atoms in total. The van der Waals surface area contributed by atoms with Crippen molar-refractivity contribution in [2.45, 2.75) is 33.2 Å². The van der Waals surface area contributed by atoms with Crippen molar-refractivity contribution in [1.82, 2.24) is 5.32 Å². The highest BCUT2D eigenvalue weighted by Crippen LogP contribution is 2.23. The molecule has 1 unspecified atom stereocenters. The lowest BCUT2D eigenvalue weighted by atomic mass is 9.84. The Morgan fingerprint density at radius 2 is 2.05 bits per heavy atom. The van der Waals surface area contributed by atoms with Gasteiger partial charge < -0.3 is 20.9 Å². The lowest BCUT2D eigenvalue weighted by molar-refractivity contribution is 0.0885. The van der Waals surface area contributed by atoms with Gasteiger partial charge in [-0.15, -0.1) is 0 Å². The summed E-state index contributed by atoms with van der Waals surface area (Å²) in [6.07, 6.45) is 0.509. The lowest BCUT2D eigenvalue weighted by Crippen LogP contribution is -2.44. The standard InChI is InChI=1S/C15H24N2O3/c1-15(2,3)13(5-6-18)17-14(19)10-7-11(16)9-12(8-10)20-4/h7-9,13,18H,5-6,16H2,1-4H3,(H,17,19). The Bertz CT molecular complexity index is 467. The van der Waals surface area contributed by atoms with Crippen LogP contribution in [-0.4, -0.2) is 30.8 Å². The van der Waals surface area contributed by atoms with Crippen molar-refractivity contribution in [3.8, 4) is 5.75 Å². The number of nitrogens with one attached hydrogen (secondary N) is 1. The highest BCUT2D eigenvalue weighted by Gasteiger charge is 2.26. The molecule has 0 saturated carbocycles. The Balaban J connectivity index is 2.91. The summed E-state index contributed by atoms with van der Waals surface area (Å²) in [4.78, 5) is 12.3. The molecule has 0 heterocycles. The zero-order valence-electron chi connectivity index (χ0n) is 12.6. The number of hydrogen-bond donors (Lipinski definition) is 3. The molecule has 1 aromatic rings. The summed E-state index contributed by atoms with van der Waals surface area (Å²) in [7, 11) is 1.53. The van der Waals surface area contributed by atoms with E-state index in [1.165, 1.54) is 7.11 Å². The smallest absolute Gasteiger partial charge is 0.251 e. The number of methoxy groups -OCH3 is 1. The third-order valence-electron chi connectivity index (χ3n) is 3.20. The molecule has 4 N–H and O–H groups in total. The largest absolute Gasteiger partial charge is 0.497 e. The van der Waals surface area contributed by atoms with Crippen LogP contribution in [0.15, 0.2) is 18.2 Å². The monoisotopic (exact) mass is 280 g/mol. The highest BCUT2D eigenvalue weighted by atomic mass is 16.5. The fraction of sp³-hybridized carbons (Fsp3) is 0.533. The van der Waals surface area contributed by atoms with E-state index < -0.39 is 0 Å². The molecule has 1 aromatic carbocycles. The van der Waals surface area contributed by atoms with Crippen LogP contribution in [0.4, 0.5) is 5.69 Å². The first-order valence-electron chi connectivity index (χ1n) is 6.64. The Labute approximate surface area is 120 Å². The number of aliphatic hydroxyl groups is 1. The Morgan fingerprint density at radius 3 is 2.55 bits per heavy atom. The molecule has 0 radical (unpaired) electrons. The van der Waals surface area contributed by atoms with E-state index in [1.54, 1.807) is 18.2 Å². The summed E-state index contributed by atoms with van der Waals surface area (Å²) >= 11 is 0. The second-order valence-corrected chi connectivity index (χ2v) is 5.90. The van der Waals surface area contributed by atoms with Gasteiger partial charge in [-0.2, -0.15) is 0 Å². The minimum atomic E-state index is -0.219. The van der Waals surface area contributed by atoms with E-state index >= 15 is 0 Å². The second kappa shape index (κ2) is 6.61. The average molecular weight is 280 g/mol. The maximum atomic E-state index is 12.3. The molecule has 0 bridgehead atoms. The van der Waals surface area contributed by atoms with Gasteiger partial charge in [0.2, 0.25) is 0 Å². The number of carbonyl (C=O) groups is 1. The molecule has 1 amide bonds. The van der Waals surface area contributed by atoms with Crippen LogP contribution in [0.25, 0.3) is 0 Å². The first-order chi connectivity index (χ1) is 9.27. The molecule has 20 heavy (non-hydrogen) atoms. The minimum Gasteiger partial charge on any atom is -0.497 e. The van der Waals surface area contributed by atoms with Crippen LogP contribution < -0.4 is 15.8 Å². The summed E-state index contributed by atoms with van der Waals surface area (Å²) in [5, 5.41) is 12.1. The zero-order valence-corrected chi connectivity index (χ0v) is 12.6. The van der Waals surface area contributed by atoms with Crippen LogP contribution in [0.3, 0.4) is 0 Å². The predicted molar refractivity (Wildman–Crippen MR) is 79.8 cm³/mol. The lowest BCUT2D eigenvalue weighted by Gasteiger charge is -2.31. The number of hydrogen-bond acceptors (Lipinski definition) is 4. The van der Waals surface area contributed by atoms with Gasteiger partial charge in [-0.05, 0) is 24.0 Å². The summed E-state index contributed by atoms with van der Waals surface area (Å²) in [5.74, 6) is 0.327. The SMILES string of the molecule is COc1cc(N)cc(C(=O)NC(CCO)C(C)(C)C)c1. The number of aliphatic hydroxyl groups excluding tert-OH is 1. The van der Waals surface area contributed by atoms with Gasteiger partial charge in [0.25, 0.3) is 5.91 Å². The third-order valence-corrected chi connectivity index (χ3v) is 3.20. The number of anilines is 1. The van der Waals surface area contributed by atoms with Crippen molar-refractivity contribution >= 4 is 11.6 Å². The molecule has 1 rings (SSSR count). The van der Waals surface area contributed by atoms with Crippen molar-refractivity contribution in [3.63, 3.8) is 0 Å². The van der Waals surface area contributed by atoms with Gasteiger partial charge in [0.05, 0.1) is 7.11 Å². The van der Waals surface area contributed by atoms with Gasteiger partial charge in [-0.1, -0.05) is 20.8 Å². The Kier molecular flexibility index (Phi) is 5.39. The van der Waals surface area contributed by atoms with Gasteiger partial charge in [0, 0.05) is 30.0 Å². The molecule has 112 valence electrons. The van der Waals surface area contributed by atoms with E-state index in [4.69, 9.17) is 15.6 Å². The molecule has 0 fully saturated rings. The van der Waals surface area contributed by atoms with E-state index in [0.717, 1.165) is 0 Å². The maximum absolute atomic E-state index is 12.3. The van der Waals surface area contributed by atoms with Crippen molar-refractivity contribution in [3.05, 3.63) is 23.8 Å². The summed E-state index contributed by atoms with van der Waals surface area (Å²) in [5.41, 5.74) is 6.54. The first kappa shape index (κ1) is 16.3. The van der Waals surface area contributed by atoms with Crippen LogP contribution in [0.2, 0.25) is 0 Å². The molecule has 0 aliphatic carbocycles. The Morgan fingerprint density at radius 1 is 1.40 bits per heavy atom. The maximum Gasteiger partial charge on any atom is 0.251 e. The molecule has 1 atom stereocenters. The number of nitrogen functional groups attached to an aromatic ring is 1.